The summed E-state index contributed by atoms with van der Waals surface area (Å²) in [7, 11) is 0. The van der Waals surface area contributed by atoms with Gasteiger partial charge in [0, 0.05) is 11.8 Å². The molecule has 2 aromatic rings. The van der Waals surface area contributed by atoms with Gasteiger partial charge in [0.1, 0.15) is 5.82 Å². The summed E-state index contributed by atoms with van der Waals surface area (Å²) in [4.78, 5) is 4.46. The van der Waals surface area contributed by atoms with Crippen LogP contribution in [0.2, 0.25) is 0 Å². The van der Waals surface area contributed by atoms with Crippen LogP contribution < -0.4 is 5.73 Å². The quantitative estimate of drug-likeness (QED) is 0.833. The molecule has 0 saturated carbocycles. The van der Waals surface area contributed by atoms with Gasteiger partial charge in [-0.05, 0) is 38.5 Å². The van der Waals surface area contributed by atoms with E-state index in [1.807, 2.05) is 19.9 Å². The SMILES string of the molecule is Cc1cc(C)nc(Cn2nc(C)cc2N)c1. The molecule has 4 heteroatoms. The van der Waals surface area contributed by atoms with Crippen LogP contribution in [0.15, 0.2) is 18.2 Å². The zero-order chi connectivity index (χ0) is 11.7. The molecule has 0 unspecified atom stereocenters. The Balaban J connectivity index is 2.30. The highest BCUT2D eigenvalue weighted by atomic mass is 15.3. The van der Waals surface area contributed by atoms with Gasteiger partial charge in [-0.25, -0.2) is 4.68 Å². The summed E-state index contributed by atoms with van der Waals surface area (Å²) < 4.78 is 1.77. The lowest BCUT2D eigenvalue weighted by Gasteiger charge is -2.05. The number of nitrogens with zero attached hydrogens (tertiary/aromatic N) is 3. The molecule has 2 aromatic heterocycles. The molecule has 4 nitrogen and oxygen atoms in total. The van der Waals surface area contributed by atoms with E-state index in [2.05, 4.69) is 29.1 Å². The molecule has 0 bridgehead atoms. The number of aromatic nitrogens is 3. The molecule has 0 amide bonds. The van der Waals surface area contributed by atoms with Gasteiger partial charge in [-0.3, -0.25) is 4.98 Å². The minimum absolute atomic E-state index is 0.627. The van der Waals surface area contributed by atoms with Crippen molar-refractivity contribution in [3.8, 4) is 0 Å². The summed E-state index contributed by atoms with van der Waals surface area (Å²) in [6, 6.07) is 5.98. The lowest BCUT2D eigenvalue weighted by atomic mass is 10.2. The van der Waals surface area contributed by atoms with Crippen molar-refractivity contribution in [1.29, 1.82) is 0 Å². The van der Waals surface area contributed by atoms with Gasteiger partial charge >= 0.3 is 0 Å². The van der Waals surface area contributed by atoms with Crippen LogP contribution in [0, 0.1) is 20.8 Å². The fraction of sp³-hybridized carbons (Fsp3) is 0.333. The molecule has 2 rings (SSSR count). The fourth-order valence-electron chi connectivity index (χ4n) is 1.85. The van der Waals surface area contributed by atoms with E-state index in [1.165, 1.54) is 5.56 Å². The average Bonchev–Trinajstić information content (AvgIpc) is 2.43. The lowest BCUT2D eigenvalue weighted by molar-refractivity contribution is 0.673. The second-order valence-electron chi connectivity index (χ2n) is 4.15. The summed E-state index contributed by atoms with van der Waals surface area (Å²) in [6.45, 7) is 6.62. The maximum absolute atomic E-state index is 5.84. The zero-order valence-corrected chi connectivity index (χ0v) is 9.86. The van der Waals surface area contributed by atoms with E-state index in [0.717, 1.165) is 17.1 Å². The van der Waals surface area contributed by atoms with Gasteiger partial charge in [-0.2, -0.15) is 5.10 Å². The van der Waals surface area contributed by atoms with Gasteiger partial charge in [0.05, 0.1) is 17.9 Å². The molecule has 0 aliphatic carbocycles. The molecule has 2 heterocycles. The van der Waals surface area contributed by atoms with E-state index in [1.54, 1.807) is 4.68 Å². The highest BCUT2D eigenvalue weighted by molar-refractivity contribution is 5.31. The van der Waals surface area contributed by atoms with E-state index in [9.17, 15) is 0 Å². The Hall–Kier alpha value is -1.84. The van der Waals surface area contributed by atoms with Crippen LogP contribution in [0.1, 0.15) is 22.6 Å². The molecule has 16 heavy (non-hydrogen) atoms. The fourth-order valence-corrected chi connectivity index (χ4v) is 1.85. The third-order valence-electron chi connectivity index (χ3n) is 2.40. The predicted octanol–water partition coefficient (Wildman–Crippen LogP) is 1.83. The molecule has 84 valence electrons. The minimum Gasteiger partial charge on any atom is -0.384 e. The number of aryl methyl sites for hydroxylation is 3. The molecule has 0 atom stereocenters. The monoisotopic (exact) mass is 216 g/mol. The van der Waals surface area contributed by atoms with E-state index >= 15 is 0 Å². The molecule has 0 radical (unpaired) electrons. The van der Waals surface area contributed by atoms with Crippen molar-refractivity contribution in [3.05, 3.63) is 40.8 Å². The number of anilines is 1. The Bertz CT molecular complexity index is 493. The summed E-state index contributed by atoms with van der Waals surface area (Å²) in [5, 5.41) is 4.32. The van der Waals surface area contributed by atoms with Crippen molar-refractivity contribution < 1.29 is 0 Å². The van der Waals surface area contributed by atoms with Gasteiger partial charge in [0.25, 0.3) is 0 Å². The first-order valence-electron chi connectivity index (χ1n) is 5.28. The van der Waals surface area contributed by atoms with Crippen LogP contribution in [0.4, 0.5) is 5.82 Å². The number of rotatable bonds is 2. The first-order chi connectivity index (χ1) is 7.54. The molecule has 0 aliphatic rings. The molecule has 0 fully saturated rings. The van der Waals surface area contributed by atoms with Crippen molar-refractivity contribution in [2.75, 3.05) is 5.73 Å². The highest BCUT2D eigenvalue weighted by Gasteiger charge is 2.04. The first-order valence-corrected chi connectivity index (χ1v) is 5.28. The topological polar surface area (TPSA) is 56.7 Å². The molecule has 0 aliphatic heterocycles. The summed E-state index contributed by atoms with van der Waals surface area (Å²) in [6.07, 6.45) is 0. The Kier molecular flexibility index (Phi) is 2.64. The van der Waals surface area contributed by atoms with Crippen LogP contribution in [-0.2, 0) is 6.54 Å². The normalized spacial score (nSPS) is 10.7. The Morgan fingerprint density at radius 2 is 1.88 bits per heavy atom. The number of nitrogen functional groups attached to an aromatic ring is 1. The van der Waals surface area contributed by atoms with Crippen molar-refractivity contribution in [1.82, 2.24) is 14.8 Å². The van der Waals surface area contributed by atoms with Crippen LogP contribution >= 0.6 is 0 Å². The van der Waals surface area contributed by atoms with Crippen molar-refractivity contribution in [2.45, 2.75) is 27.3 Å². The number of nitrogens with two attached hydrogens (primary N) is 1. The molecule has 0 saturated heterocycles. The predicted molar refractivity (Wildman–Crippen MR) is 64.2 cm³/mol. The van der Waals surface area contributed by atoms with E-state index < -0.39 is 0 Å². The smallest absolute Gasteiger partial charge is 0.122 e. The van der Waals surface area contributed by atoms with Crippen molar-refractivity contribution in [2.24, 2.45) is 0 Å². The maximum Gasteiger partial charge on any atom is 0.122 e. The number of hydrogen-bond acceptors (Lipinski definition) is 3. The minimum atomic E-state index is 0.627. The standard InChI is InChI=1S/C12H16N4/c1-8-4-9(2)14-11(5-8)7-16-12(13)6-10(3)15-16/h4-6H,7,13H2,1-3H3. The van der Waals surface area contributed by atoms with Crippen molar-refractivity contribution >= 4 is 5.82 Å². The first kappa shape index (κ1) is 10.7. The molecular formula is C12H16N4. The Morgan fingerprint density at radius 3 is 2.44 bits per heavy atom. The number of pyridine rings is 1. The van der Waals surface area contributed by atoms with Crippen LogP contribution in [0.3, 0.4) is 0 Å². The van der Waals surface area contributed by atoms with Crippen LogP contribution in [0.5, 0.6) is 0 Å². The second-order valence-corrected chi connectivity index (χ2v) is 4.15. The molecule has 0 spiro atoms. The molecule has 2 N–H and O–H groups in total. The maximum atomic E-state index is 5.84. The summed E-state index contributed by atoms with van der Waals surface area (Å²) in [5.41, 5.74) is 10.0. The van der Waals surface area contributed by atoms with E-state index in [0.29, 0.717) is 12.4 Å². The Labute approximate surface area is 95.1 Å². The van der Waals surface area contributed by atoms with E-state index in [4.69, 9.17) is 5.73 Å². The number of hydrogen-bond donors (Lipinski definition) is 1. The lowest BCUT2D eigenvalue weighted by Crippen LogP contribution is -2.08. The zero-order valence-electron chi connectivity index (χ0n) is 9.86. The largest absolute Gasteiger partial charge is 0.384 e. The summed E-state index contributed by atoms with van der Waals surface area (Å²) >= 11 is 0. The third kappa shape index (κ3) is 2.21. The molecule has 0 aromatic carbocycles. The van der Waals surface area contributed by atoms with Gasteiger partial charge in [0.2, 0.25) is 0 Å². The van der Waals surface area contributed by atoms with Gasteiger partial charge in [-0.1, -0.05) is 0 Å². The van der Waals surface area contributed by atoms with Gasteiger partial charge < -0.3 is 5.73 Å². The third-order valence-corrected chi connectivity index (χ3v) is 2.40. The van der Waals surface area contributed by atoms with Gasteiger partial charge in [0.15, 0.2) is 0 Å². The van der Waals surface area contributed by atoms with E-state index in [-0.39, 0.29) is 0 Å². The average molecular weight is 216 g/mol. The highest BCUT2D eigenvalue weighted by Crippen LogP contribution is 2.10. The van der Waals surface area contributed by atoms with Crippen molar-refractivity contribution in [3.63, 3.8) is 0 Å². The summed E-state index contributed by atoms with van der Waals surface area (Å²) in [5.74, 6) is 0.679. The second kappa shape index (κ2) is 3.96. The van der Waals surface area contributed by atoms with Gasteiger partial charge in [-0.15, -0.1) is 0 Å². The van der Waals surface area contributed by atoms with Crippen LogP contribution in [0.25, 0.3) is 0 Å². The van der Waals surface area contributed by atoms with Crippen LogP contribution in [-0.4, -0.2) is 14.8 Å². The molecular weight excluding hydrogens is 200 g/mol. The Morgan fingerprint density at radius 1 is 1.12 bits per heavy atom.